The Morgan fingerprint density at radius 1 is 1.30 bits per heavy atom. The average Bonchev–Trinajstić information content (AvgIpc) is 2.90. The summed E-state index contributed by atoms with van der Waals surface area (Å²) in [5, 5.41) is 3.06. The van der Waals surface area contributed by atoms with E-state index >= 15 is 0 Å². The molecule has 4 nitrogen and oxygen atoms in total. The highest BCUT2D eigenvalue weighted by atomic mass is 32.2. The Balaban J connectivity index is 2.21. The van der Waals surface area contributed by atoms with Crippen LogP contribution in [-0.4, -0.2) is 32.4 Å². The molecule has 0 amide bonds. The van der Waals surface area contributed by atoms with Crippen molar-refractivity contribution < 1.29 is 8.42 Å². The van der Waals surface area contributed by atoms with Gasteiger partial charge in [0, 0.05) is 24.0 Å². The second kappa shape index (κ2) is 7.02. The van der Waals surface area contributed by atoms with Crippen molar-refractivity contribution >= 4 is 21.4 Å². The third-order valence-electron chi connectivity index (χ3n) is 3.84. The number of thiophene rings is 1. The molecule has 1 aromatic rings. The van der Waals surface area contributed by atoms with Crippen LogP contribution in [0.15, 0.2) is 16.3 Å². The first-order valence-corrected chi connectivity index (χ1v) is 9.60. The van der Waals surface area contributed by atoms with Crippen molar-refractivity contribution in [3.05, 3.63) is 17.0 Å². The molecule has 1 N–H and O–H groups in total. The smallest absolute Gasteiger partial charge is 0.252 e. The van der Waals surface area contributed by atoms with Crippen LogP contribution in [0.5, 0.6) is 0 Å². The van der Waals surface area contributed by atoms with Crippen molar-refractivity contribution in [1.29, 1.82) is 0 Å². The van der Waals surface area contributed by atoms with E-state index in [4.69, 9.17) is 0 Å². The molecule has 0 unspecified atom stereocenters. The van der Waals surface area contributed by atoms with E-state index in [9.17, 15) is 8.42 Å². The van der Waals surface area contributed by atoms with Crippen molar-refractivity contribution in [2.24, 2.45) is 0 Å². The Kier molecular flexibility index (Phi) is 5.60. The zero-order chi connectivity index (χ0) is 14.6. The van der Waals surface area contributed by atoms with E-state index in [0.717, 1.165) is 37.1 Å². The fraction of sp³-hybridized carbons (Fsp3) is 0.714. The van der Waals surface area contributed by atoms with Crippen molar-refractivity contribution in [3.63, 3.8) is 0 Å². The van der Waals surface area contributed by atoms with Crippen LogP contribution in [0.25, 0.3) is 0 Å². The van der Waals surface area contributed by atoms with Gasteiger partial charge in [-0.15, -0.1) is 11.3 Å². The fourth-order valence-electron chi connectivity index (χ4n) is 2.88. The summed E-state index contributed by atoms with van der Waals surface area (Å²) >= 11 is 1.38. The van der Waals surface area contributed by atoms with Crippen molar-refractivity contribution in [1.82, 2.24) is 9.62 Å². The number of rotatable bonds is 6. The summed E-state index contributed by atoms with van der Waals surface area (Å²) in [4.78, 5) is 1.06. The number of hydrogen-bond donors (Lipinski definition) is 1. The molecule has 2 rings (SSSR count). The molecule has 6 heteroatoms. The molecule has 0 atom stereocenters. The molecule has 20 heavy (non-hydrogen) atoms. The summed E-state index contributed by atoms with van der Waals surface area (Å²) < 4.78 is 27.8. The minimum Gasteiger partial charge on any atom is -0.315 e. The van der Waals surface area contributed by atoms with Crippen LogP contribution >= 0.6 is 11.3 Å². The van der Waals surface area contributed by atoms with Crippen LogP contribution < -0.4 is 5.32 Å². The number of nitrogens with zero attached hydrogens (tertiary/aromatic N) is 1. The lowest BCUT2D eigenvalue weighted by molar-refractivity contribution is 0.262. The van der Waals surface area contributed by atoms with Gasteiger partial charge in [-0.2, -0.15) is 4.31 Å². The van der Waals surface area contributed by atoms with Gasteiger partial charge in [-0.05, 0) is 32.0 Å². The molecule has 0 saturated heterocycles. The van der Waals surface area contributed by atoms with Crippen LogP contribution in [0.3, 0.4) is 0 Å². The first-order valence-electron chi connectivity index (χ1n) is 7.34. The first-order chi connectivity index (χ1) is 9.59. The molecular weight excluding hydrogens is 292 g/mol. The lowest BCUT2D eigenvalue weighted by Gasteiger charge is -2.32. The van der Waals surface area contributed by atoms with Gasteiger partial charge in [-0.1, -0.05) is 26.2 Å². The van der Waals surface area contributed by atoms with Crippen molar-refractivity contribution in [2.45, 2.75) is 55.8 Å². The Bertz CT molecular complexity index is 519. The van der Waals surface area contributed by atoms with Crippen LogP contribution in [0.4, 0.5) is 0 Å². The molecule has 0 bridgehead atoms. The molecule has 1 aliphatic carbocycles. The van der Waals surface area contributed by atoms with Crippen molar-refractivity contribution in [3.8, 4) is 0 Å². The molecule has 1 fully saturated rings. The Hall–Kier alpha value is -0.430. The summed E-state index contributed by atoms with van der Waals surface area (Å²) in [5.74, 6) is 0. The lowest BCUT2D eigenvalue weighted by atomic mass is 9.95. The summed E-state index contributed by atoms with van der Waals surface area (Å²) in [6, 6.07) is 3.84. The highest BCUT2D eigenvalue weighted by molar-refractivity contribution is 7.91. The molecule has 0 aliphatic heterocycles. The van der Waals surface area contributed by atoms with Gasteiger partial charge in [-0.25, -0.2) is 8.42 Å². The van der Waals surface area contributed by atoms with Gasteiger partial charge in [-0.3, -0.25) is 0 Å². The minimum absolute atomic E-state index is 0.189. The summed E-state index contributed by atoms with van der Waals surface area (Å²) in [7, 11) is -1.45. The third kappa shape index (κ3) is 3.42. The molecule has 1 heterocycles. The van der Waals surface area contributed by atoms with E-state index in [2.05, 4.69) is 5.32 Å². The number of sulfonamides is 1. The van der Waals surface area contributed by atoms with Gasteiger partial charge < -0.3 is 5.32 Å². The van der Waals surface area contributed by atoms with Gasteiger partial charge in [0.05, 0.1) is 0 Å². The second-order valence-electron chi connectivity index (χ2n) is 5.25. The SMILES string of the molecule is CCN(C1CCCCC1)S(=O)(=O)c1ccc(CNC)s1. The number of hydrogen-bond acceptors (Lipinski definition) is 4. The maximum Gasteiger partial charge on any atom is 0.252 e. The van der Waals surface area contributed by atoms with Gasteiger partial charge in [0.2, 0.25) is 0 Å². The van der Waals surface area contributed by atoms with Crippen molar-refractivity contribution in [2.75, 3.05) is 13.6 Å². The quantitative estimate of drug-likeness (QED) is 0.878. The maximum absolute atomic E-state index is 12.8. The lowest BCUT2D eigenvalue weighted by Crippen LogP contribution is -2.40. The molecular formula is C14H24N2O2S2. The first kappa shape index (κ1) is 15.9. The monoisotopic (exact) mass is 316 g/mol. The predicted octanol–water partition coefficient (Wildman–Crippen LogP) is 2.81. The predicted molar refractivity (Wildman–Crippen MR) is 83.5 cm³/mol. The maximum atomic E-state index is 12.8. The average molecular weight is 316 g/mol. The van der Waals surface area contributed by atoms with E-state index in [0.29, 0.717) is 10.8 Å². The standard InChI is InChI=1S/C14H24N2O2S2/c1-3-16(12-7-5-4-6-8-12)20(17,18)14-10-9-13(19-14)11-15-2/h9-10,12,15H,3-8,11H2,1-2H3. The zero-order valence-electron chi connectivity index (χ0n) is 12.3. The number of nitrogens with one attached hydrogen (secondary N) is 1. The highest BCUT2D eigenvalue weighted by Gasteiger charge is 2.31. The Labute approximate surface area is 126 Å². The topological polar surface area (TPSA) is 49.4 Å². The van der Waals surface area contributed by atoms with Crippen LogP contribution in [0.2, 0.25) is 0 Å². The molecule has 0 aromatic carbocycles. The Morgan fingerprint density at radius 2 is 2.00 bits per heavy atom. The van der Waals surface area contributed by atoms with Crippen LogP contribution in [0, 0.1) is 0 Å². The summed E-state index contributed by atoms with van der Waals surface area (Å²) in [6.07, 6.45) is 5.53. The normalized spacial score (nSPS) is 17.8. The molecule has 1 saturated carbocycles. The Morgan fingerprint density at radius 3 is 2.60 bits per heavy atom. The van der Waals surface area contributed by atoms with Gasteiger partial charge in [0.1, 0.15) is 4.21 Å². The van der Waals surface area contributed by atoms with Gasteiger partial charge in [0.25, 0.3) is 10.0 Å². The molecule has 0 radical (unpaired) electrons. The summed E-state index contributed by atoms with van der Waals surface area (Å²) in [6.45, 7) is 3.22. The van der Waals surface area contributed by atoms with E-state index in [1.165, 1.54) is 17.8 Å². The fourth-order valence-corrected chi connectivity index (χ4v) is 6.07. The molecule has 1 aromatic heterocycles. The molecule has 1 aliphatic rings. The third-order valence-corrected chi connectivity index (χ3v) is 7.42. The highest BCUT2D eigenvalue weighted by Crippen LogP contribution is 2.30. The van der Waals surface area contributed by atoms with Crippen LogP contribution in [0.1, 0.15) is 43.9 Å². The van der Waals surface area contributed by atoms with Gasteiger partial charge >= 0.3 is 0 Å². The molecule has 0 spiro atoms. The van der Waals surface area contributed by atoms with Crippen LogP contribution in [-0.2, 0) is 16.6 Å². The largest absolute Gasteiger partial charge is 0.315 e. The zero-order valence-corrected chi connectivity index (χ0v) is 13.9. The summed E-state index contributed by atoms with van der Waals surface area (Å²) in [5.41, 5.74) is 0. The van der Waals surface area contributed by atoms with E-state index < -0.39 is 10.0 Å². The minimum atomic E-state index is -3.32. The van der Waals surface area contributed by atoms with E-state index in [1.807, 2.05) is 20.0 Å². The van der Waals surface area contributed by atoms with E-state index in [-0.39, 0.29) is 6.04 Å². The van der Waals surface area contributed by atoms with Gasteiger partial charge in [0.15, 0.2) is 0 Å². The molecule has 114 valence electrons. The van der Waals surface area contributed by atoms with E-state index in [1.54, 1.807) is 10.4 Å². The second-order valence-corrected chi connectivity index (χ2v) is 8.54.